The SMILES string of the molecule is O=C(CNCCc1cccc(Cl)c1)Nc1ccc(Cl)c(C(F)(F)F)c1. The fraction of sp³-hybridized carbons (Fsp3) is 0.235. The van der Waals surface area contributed by atoms with E-state index in [1.54, 1.807) is 6.07 Å². The van der Waals surface area contributed by atoms with Gasteiger partial charge in [-0.2, -0.15) is 13.2 Å². The molecule has 25 heavy (non-hydrogen) atoms. The fourth-order valence-electron chi connectivity index (χ4n) is 2.15. The smallest absolute Gasteiger partial charge is 0.325 e. The second kappa shape index (κ2) is 8.56. The molecular weight excluding hydrogens is 376 g/mol. The molecule has 2 N–H and O–H groups in total. The molecule has 0 aromatic heterocycles. The number of nitrogens with one attached hydrogen (secondary N) is 2. The van der Waals surface area contributed by atoms with Gasteiger partial charge in [-0.05, 0) is 48.9 Å². The van der Waals surface area contributed by atoms with Crippen molar-refractivity contribution in [2.24, 2.45) is 0 Å². The molecule has 0 aliphatic rings. The molecule has 0 aliphatic heterocycles. The monoisotopic (exact) mass is 390 g/mol. The normalized spacial score (nSPS) is 11.4. The van der Waals surface area contributed by atoms with Gasteiger partial charge in [-0.25, -0.2) is 0 Å². The van der Waals surface area contributed by atoms with E-state index in [9.17, 15) is 18.0 Å². The van der Waals surface area contributed by atoms with Crippen molar-refractivity contribution in [1.82, 2.24) is 5.32 Å². The molecule has 2 aromatic carbocycles. The average molecular weight is 391 g/mol. The lowest BCUT2D eigenvalue weighted by atomic mass is 10.1. The highest BCUT2D eigenvalue weighted by Gasteiger charge is 2.33. The van der Waals surface area contributed by atoms with Crippen LogP contribution in [0.1, 0.15) is 11.1 Å². The first-order valence-corrected chi connectivity index (χ1v) is 8.13. The number of benzene rings is 2. The van der Waals surface area contributed by atoms with Gasteiger partial charge in [0.2, 0.25) is 5.91 Å². The van der Waals surface area contributed by atoms with Crippen molar-refractivity contribution in [2.45, 2.75) is 12.6 Å². The zero-order valence-electron chi connectivity index (χ0n) is 13.0. The van der Waals surface area contributed by atoms with Crippen LogP contribution in [0.4, 0.5) is 18.9 Å². The van der Waals surface area contributed by atoms with E-state index < -0.39 is 22.7 Å². The van der Waals surface area contributed by atoms with E-state index in [-0.39, 0.29) is 12.2 Å². The number of hydrogen-bond donors (Lipinski definition) is 2. The minimum atomic E-state index is -4.58. The van der Waals surface area contributed by atoms with Crippen molar-refractivity contribution in [3.8, 4) is 0 Å². The fourth-order valence-corrected chi connectivity index (χ4v) is 2.59. The second-order valence-electron chi connectivity index (χ2n) is 5.30. The van der Waals surface area contributed by atoms with Gasteiger partial charge in [0.25, 0.3) is 0 Å². The van der Waals surface area contributed by atoms with Gasteiger partial charge >= 0.3 is 6.18 Å². The van der Waals surface area contributed by atoms with Crippen LogP contribution in [-0.4, -0.2) is 19.0 Å². The first-order valence-electron chi connectivity index (χ1n) is 7.37. The largest absolute Gasteiger partial charge is 0.417 e. The van der Waals surface area contributed by atoms with Crippen LogP contribution in [0.2, 0.25) is 10.0 Å². The summed E-state index contributed by atoms with van der Waals surface area (Å²) in [5, 5.41) is 5.56. The van der Waals surface area contributed by atoms with Crippen molar-refractivity contribution in [3.05, 3.63) is 63.6 Å². The summed E-state index contributed by atoms with van der Waals surface area (Å²) >= 11 is 11.4. The molecule has 2 aromatic rings. The maximum Gasteiger partial charge on any atom is 0.417 e. The predicted octanol–water partition coefficient (Wildman–Crippen LogP) is 4.78. The third-order valence-corrected chi connectivity index (χ3v) is 3.89. The van der Waals surface area contributed by atoms with Gasteiger partial charge in [0.15, 0.2) is 0 Å². The number of amides is 1. The summed E-state index contributed by atoms with van der Waals surface area (Å²) in [6.45, 7) is 0.507. The summed E-state index contributed by atoms with van der Waals surface area (Å²) in [5.41, 5.74) is 0.0761. The molecule has 8 heteroatoms. The number of rotatable bonds is 6. The molecule has 134 valence electrons. The van der Waals surface area contributed by atoms with Crippen LogP contribution in [0.25, 0.3) is 0 Å². The van der Waals surface area contributed by atoms with Crippen LogP contribution >= 0.6 is 23.2 Å². The molecule has 3 nitrogen and oxygen atoms in total. The molecule has 0 fully saturated rings. The van der Waals surface area contributed by atoms with Gasteiger partial charge in [-0.15, -0.1) is 0 Å². The summed E-state index contributed by atoms with van der Waals surface area (Å²) in [6, 6.07) is 10.6. The lowest BCUT2D eigenvalue weighted by Crippen LogP contribution is -2.29. The second-order valence-corrected chi connectivity index (χ2v) is 6.14. The van der Waals surface area contributed by atoms with Crippen molar-refractivity contribution >= 4 is 34.8 Å². The van der Waals surface area contributed by atoms with E-state index in [2.05, 4.69) is 10.6 Å². The molecule has 0 heterocycles. The van der Waals surface area contributed by atoms with E-state index in [1.807, 2.05) is 18.2 Å². The molecule has 2 rings (SSSR count). The Hall–Kier alpha value is -1.76. The minimum absolute atomic E-state index is 0.0233. The van der Waals surface area contributed by atoms with Gasteiger partial charge in [0.05, 0.1) is 17.1 Å². The van der Waals surface area contributed by atoms with Crippen LogP contribution in [0.3, 0.4) is 0 Å². The van der Waals surface area contributed by atoms with Crippen LogP contribution in [0.5, 0.6) is 0 Å². The summed E-state index contributed by atoms with van der Waals surface area (Å²) < 4.78 is 38.4. The summed E-state index contributed by atoms with van der Waals surface area (Å²) in [5.74, 6) is -0.443. The first-order chi connectivity index (χ1) is 11.8. The molecule has 0 spiro atoms. The molecule has 0 atom stereocenters. The van der Waals surface area contributed by atoms with Gasteiger partial charge < -0.3 is 10.6 Å². The Kier molecular flexibility index (Phi) is 6.70. The molecule has 1 amide bonds. The lowest BCUT2D eigenvalue weighted by molar-refractivity contribution is -0.137. The summed E-state index contributed by atoms with van der Waals surface area (Å²) in [4.78, 5) is 11.8. The van der Waals surface area contributed by atoms with E-state index >= 15 is 0 Å². The van der Waals surface area contributed by atoms with Gasteiger partial charge in [0.1, 0.15) is 0 Å². The molecule has 0 saturated heterocycles. The Labute approximate surface area is 153 Å². The Balaban J connectivity index is 1.82. The zero-order chi connectivity index (χ0) is 18.4. The van der Waals surface area contributed by atoms with Gasteiger partial charge in [-0.3, -0.25) is 4.79 Å². The molecular formula is C17H15Cl2F3N2O. The van der Waals surface area contributed by atoms with Crippen LogP contribution < -0.4 is 10.6 Å². The maximum absolute atomic E-state index is 12.8. The van der Waals surface area contributed by atoms with Crippen LogP contribution in [-0.2, 0) is 17.4 Å². The number of hydrogen-bond acceptors (Lipinski definition) is 2. The standard InChI is InChI=1S/C17H15Cl2F3N2O/c18-12-3-1-2-11(8-12)6-7-23-10-16(25)24-13-4-5-15(19)14(9-13)17(20,21)22/h1-5,8-9,23H,6-7,10H2,(H,24,25). The lowest BCUT2D eigenvalue weighted by Gasteiger charge is -2.12. The number of alkyl halides is 3. The first kappa shape index (κ1) is 19.6. The minimum Gasteiger partial charge on any atom is -0.325 e. The van der Waals surface area contributed by atoms with Gasteiger partial charge in [0, 0.05) is 10.7 Å². The van der Waals surface area contributed by atoms with Gasteiger partial charge in [-0.1, -0.05) is 35.3 Å². The number of halogens is 5. The van der Waals surface area contributed by atoms with E-state index in [0.29, 0.717) is 18.0 Å². The quantitative estimate of drug-likeness (QED) is 0.696. The van der Waals surface area contributed by atoms with Crippen molar-refractivity contribution < 1.29 is 18.0 Å². The zero-order valence-corrected chi connectivity index (χ0v) is 14.5. The highest BCUT2D eigenvalue weighted by Crippen LogP contribution is 2.36. The Morgan fingerprint density at radius 3 is 2.52 bits per heavy atom. The average Bonchev–Trinajstić information content (AvgIpc) is 2.52. The van der Waals surface area contributed by atoms with Crippen LogP contribution in [0.15, 0.2) is 42.5 Å². The molecule has 0 unspecified atom stereocenters. The molecule has 0 bridgehead atoms. The van der Waals surface area contributed by atoms with Crippen LogP contribution in [0, 0.1) is 0 Å². The Morgan fingerprint density at radius 1 is 1.08 bits per heavy atom. The van der Waals surface area contributed by atoms with E-state index in [1.165, 1.54) is 6.07 Å². The number of anilines is 1. The predicted molar refractivity (Wildman–Crippen MR) is 93.1 cm³/mol. The maximum atomic E-state index is 12.8. The van der Waals surface area contributed by atoms with E-state index in [0.717, 1.165) is 17.7 Å². The molecule has 0 saturated carbocycles. The highest BCUT2D eigenvalue weighted by atomic mass is 35.5. The van der Waals surface area contributed by atoms with E-state index in [4.69, 9.17) is 23.2 Å². The van der Waals surface area contributed by atoms with Crippen molar-refractivity contribution in [1.29, 1.82) is 0 Å². The third-order valence-electron chi connectivity index (χ3n) is 3.32. The number of carbonyl (C=O) groups excluding carboxylic acids is 1. The Bertz CT molecular complexity index is 751. The van der Waals surface area contributed by atoms with Crippen molar-refractivity contribution in [2.75, 3.05) is 18.4 Å². The Morgan fingerprint density at radius 2 is 1.84 bits per heavy atom. The molecule has 0 aliphatic carbocycles. The summed E-state index contributed by atoms with van der Waals surface area (Å²) in [7, 11) is 0. The number of carbonyl (C=O) groups is 1. The molecule has 0 radical (unpaired) electrons. The highest BCUT2D eigenvalue weighted by molar-refractivity contribution is 6.31. The topological polar surface area (TPSA) is 41.1 Å². The third kappa shape index (κ3) is 6.23. The van der Waals surface area contributed by atoms with Crippen molar-refractivity contribution in [3.63, 3.8) is 0 Å². The summed E-state index contributed by atoms with van der Waals surface area (Å²) in [6.07, 6.45) is -3.90.